The van der Waals surface area contributed by atoms with Gasteiger partial charge in [-0.25, -0.2) is 0 Å². The number of rotatable bonds is 4. The standard InChI is InChI=1S/C17H21N3O2/c1-11-6-5-7-18-15(11)8-12(2)19-17(22)14-10-20(4)13(3)9-16(14)21/h5-7,9-10,12H,8H2,1-4H3,(H,19,22). The van der Waals surface area contributed by atoms with E-state index in [4.69, 9.17) is 0 Å². The number of carbonyl (C=O) groups excluding carboxylic acids is 1. The normalized spacial score (nSPS) is 12.0. The van der Waals surface area contributed by atoms with Crippen LogP contribution in [0.1, 0.15) is 34.2 Å². The van der Waals surface area contributed by atoms with E-state index in [1.54, 1.807) is 17.0 Å². The Hall–Kier alpha value is -2.43. The third kappa shape index (κ3) is 3.61. The van der Waals surface area contributed by atoms with E-state index in [9.17, 15) is 9.59 Å². The van der Waals surface area contributed by atoms with Crippen LogP contribution in [0.2, 0.25) is 0 Å². The molecule has 1 atom stereocenters. The molecule has 0 radical (unpaired) electrons. The number of hydrogen-bond acceptors (Lipinski definition) is 3. The molecular weight excluding hydrogens is 278 g/mol. The van der Waals surface area contributed by atoms with Gasteiger partial charge in [0.05, 0.1) is 0 Å². The zero-order chi connectivity index (χ0) is 16.3. The maximum absolute atomic E-state index is 12.3. The van der Waals surface area contributed by atoms with Gasteiger partial charge < -0.3 is 9.88 Å². The van der Waals surface area contributed by atoms with Crippen LogP contribution >= 0.6 is 0 Å². The molecule has 0 aliphatic heterocycles. The predicted molar refractivity (Wildman–Crippen MR) is 86.0 cm³/mol. The molecule has 0 aliphatic rings. The van der Waals surface area contributed by atoms with Gasteiger partial charge in [-0.05, 0) is 32.4 Å². The first kappa shape index (κ1) is 15.9. The first-order valence-electron chi connectivity index (χ1n) is 7.27. The van der Waals surface area contributed by atoms with Gasteiger partial charge in [0.15, 0.2) is 5.43 Å². The van der Waals surface area contributed by atoms with Crippen molar-refractivity contribution in [3.8, 4) is 0 Å². The zero-order valence-electron chi connectivity index (χ0n) is 13.4. The van der Waals surface area contributed by atoms with Crippen LogP contribution in [0.3, 0.4) is 0 Å². The van der Waals surface area contributed by atoms with Gasteiger partial charge in [0.2, 0.25) is 0 Å². The lowest BCUT2D eigenvalue weighted by Crippen LogP contribution is -2.37. The molecule has 0 saturated heterocycles. The van der Waals surface area contributed by atoms with Crippen molar-refractivity contribution in [2.75, 3.05) is 0 Å². The van der Waals surface area contributed by atoms with Crippen molar-refractivity contribution < 1.29 is 4.79 Å². The summed E-state index contributed by atoms with van der Waals surface area (Å²) < 4.78 is 1.77. The summed E-state index contributed by atoms with van der Waals surface area (Å²) in [6.45, 7) is 5.73. The number of nitrogens with zero attached hydrogens (tertiary/aromatic N) is 2. The number of pyridine rings is 2. The van der Waals surface area contributed by atoms with E-state index in [1.165, 1.54) is 6.07 Å². The van der Waals surface area contributed by atoms with Crippen LogP contribution in [0.4, 0.5) is 0 Å². The minimum absolute atomic E-state index is 0.105. The summed E-state index contributed by atoms with van der Waals surface area (Å²) in [5.41, 5.74) is 2.77. The van der Waals surface area contributed by atoms with Gasteiger partial charge in [0.1, 0.15) is 5.56 Å². The lowest BCUT2D eigenvalue weighted by Gasteiger charge is -2.15. The van der Waals surface area contributed by atoms with E-state index in [0.717, 1.165) is 17.0 Å². The average molecular weight is 299 g/mol. The SMILES string of the molecule is Cc1cccnc1CC(C)NC(=O)c1cn(C)c(C)cc1=O. The second-order valence-corrected chi connectivity index (χ2v) is 5.65. The van der Waals surface area contributed by atoms with Gasteiger partial charge in [-0.3, -0.25) is 14.6 Å². The molecule has 2 aromatic rings. The largest absolute Gasteiger partial charge is 0.354 e. The van der Waals surface area contributed by atoms with E-state index in [0.29, 0.717) is 6.42 Å². The number of amides is 1. The van der Waals surface area contributed by atoms with Gasteiger partial charge in [0.25, 0.3) is 5.91 Å². The molecule has 2 aromatic heterocycles. The van der Waals surface area contributed by atoms with Crippen molar-refractivity contribution in [3.05, 3.63) is 63.3 Å². The molecule has 1 unspecified atom stereocenters. The molecule has 5 nitrogen and oxygen atoms in total. The van der Waals surface area contributed by atoms with E-state index in [2.05, 4.69) is 10.3 Å². The summed E-state index contributed by atoms with van der Waals surface area (Å²) in [6.07, 6.45) is 3.95. The zero-order valence-corrected chi connectivity index (χ0v) is 13.4. The second kappa shape index (κ2) is 6.56. The van der Waals surface area contributed by atoms with E-state index in [-0.39, 0.29) is 22.9 Å². The van der Waals surface area contributed by atoms with Crippen molar-refractivity contribution in [3.63, 3.8) is 0 Å². The minimum Gasteiger partial charge on any atom is -0.354 e. The lowest BCUT2D eigenvalue weighted by atomic mass is 10.1. The molecule has 2 rings (SSSR count). The number of aromatic nitrogens is 2. The summed E-state index contributed by atoms with van der Waals surface area (Å²) >= 11 is 0. The Morgan fingerprint density at radius 3 is 2.82 bits per heavy atom. The molecule has 2 heterocycles. The summed E-state index contributed by atoms with van der Waals surface area (Å²) in [7, 11) is 1.81. The number of hydrogen-bond donors (Lipinski definition) is 1. The Bertz CT molecular complexity index is 750. The first-order chi connectivity index (χ1) is 10.4. The Kier molecular flexibility index (Phi) is 4.75. The Morgan fingerprint density at radius 2 is 2.14 bits per heavy atom. The van der Waals surface area contributed by atoms with Crippen LogP contribution in [-0.2, 0) is 13.5 Å². The van der Waals surface area contributed by atoms with Crippen LogP contribution < -0.4 is 10.7 Å². The average Bonchev–Trinajstić information content (AvgIpc) is 2.45. The third-order valence-electron chi connectivity index (χ3n) is 3.72. The van der Waals surface area contributed by atoms with Gasteiger partial charge in [0, 0.05) is 49.4 Å². The van der Waals surface area contributed by atoms with Crippen LogP contribution in [0.25, 0.3) is 0 Å². The minimum atomic E-state index is -0.346. The molecule has 0 saturated carbocycles. The molecular formula is C17H21N3O2. The van der Waals surface area contributed by atoms with E-state index < -0.39 is 0 Å². The maximum atomic E-state index is 12.3. The van der Waals surface area contributed by atoms with Crippen molar-refractivity contribution >= 4 is 5.91 Å². The first-order valence-corrected chi connectivity index (χ1v) is 7.27. The molecule has 0 aliphatic carbocycles. The lowest BCUT2D eigenvalue weighted by molar-refractivity contribution is 0.0938. The molecule has 22 heavy (non-hydrogen) atoms. The summed E-state index contributed by atoms with van der Waals surface area (Å²) in [6, 6.07) is 5.25. The molecule has 116 valence electrons. The number of nitrogens with one attached hydrogen (secondary N) is 1. The highest BCUT2D eigenvalue weighted by Crippen LogP contribution is 2.07. The predicted octanol–water partition coefficient (Wildman–Crippen LogP) is 1.76. The molecule has 5 heteroatoms. The van der Waals surface area contributed by atoms with Crippen LogP contribution in [0, 0.1) is 13.8 Å². The van der Waals surface area contributed by atoms with Crippen molar-refractivity contribution in [1.82, 2.24) is 14.9 Å². The van der Waals surface area contributed by atoms with Crippen molar-refractivity contribution in [2.45, 2.75) is 33.2 Å². The summed E-state index contributed by atoms with van der Waals surface area (Å²) in [4.78, 5) is 28.5. The number of carbonyl (C=O) groups is 1. The second-order valence-electron chi connectivity index (χ2n) is 5.65. The molecule has 0 spiro atoms. The topological polar surface area (TPSA) is 64.0 Å². The highest BCUT2D eigenvalue weighted by Gasteiger charge is 2.15. The van der Waals surface area contributed by atoms with Gasteiger partial charge in [-0.2, -0.15) is 0 Å². The molecule has 1 N–H and O–H groups in total. The van der Waals surface area contributed by atoms with E-state index in [1.807, 2.05) is 40.0 Å². The van der Waals surface area contributed by atoms with Crippen LogP contribution in [0.5, 0.6) is 0 Å². The molecule has 0 fully saturated rings. The summed E-state index contributed by atoms with van der Waals surface area (Å²) in [5, 5.41) is 2.87. The Labute approximate surface area is 130 Å². The smallest absolute Gasteiger partial charge is 0.256 e. The Balaban J connectivity index is 2.11. The quantitative estimate of drug-likeness (QED) is 0.935. The third-order valence-corrected chi connectivity index (χ3v) is 3.72. The fourth-order valence-electron chi connectivity index (χ4n) is 2.27. The van der Waals surface area contributed by atoms with Crippen LogP contribution in [0.15, 0.2) is 35.4 Å². The number of aryl methyl sites for hydroxylation is 3. The van der Waals surface area contributed by atoms with Crippen LogP contribution in [-0.4, -0.2) is 21.5 Å². The fraction of sp³-hybridized carbons (Fsp3) is 0.353. The molecule has 0 bridgehead atoms. The van der Waals surface area contributed by atoms with Gasteiger partial charge in [-0.1, -0.05) is 6.07 Å². The summed E-state index contributed by atoms with van der Waals surface area (Å²) in [5.74, 6) is -0.346. The van der Waals surface area contributed by atoms with E-state index >= 15 is 0 Å². The van der Waals surface area contributed by atoms with Crippen molar-refractivity contribution in [1.29, 1.82) is 0 Å². The maximum Gasteiger partial charge on any atom is 0.256 e. The highest BCUT2D eigenvalue weighted by atomic mass is 16.2. The monoisotopic (exact) mass is 299 g/mol. The fourth-order valence-corrected chi connectivity index (χ4v) is 2.27. The van der Waals surface area contributed by atoms with Crippen molar-refractivity contribution in [2.24, 2.45) is 7.05 Å². The van der Waals surface area contributed by atoms with Gasteiger partial charge >= 0.3 is 0 Å². The molecule has 1 amide bonds. The van der Waals surface area contributed by atoms with Gasteiger partial charge in [-0.15, -0.1) is 0 Å². The highest BCUT2D eigenvalue weighted by molar-refractivity contribution is 5.94. The Morgan fingerprint density at radius 1 is 1.41 bits per heavy atom. The molecule has 0 aromatic carbocycles.